The van der Waals surface area contributed by atoms with Crippen molar-refractivity contribution in [3.8, 4) is 0 Å². The Kier molecular flexibility index (Phi) is 2.32. The fraction of sp³-hybridized carbons (Fsp3) is 0.750. The maximum absolute atomic E-state index is 11.8. The van der Waals surface area contributed by atoms with E-state index < -0.39 is 22.9 Å². The molecule has 0 amide bonds. The van der Waals surface area contributed by atoms with Gasteiger partial charge in [0.15, 0.2) is 5.78 Å². The predicted molar refractivity (Wildman–Crippen MR) is 57.9 cm³/mol. The standard InChI is InChI=1S/C12H18O4/c1-10(2)4-5-12(16-10)7-8(13)11(3,15)6-9(12)14/h4-5,9,14-15H,6-7H2,1-3H3/t9-,11+,12+/m0/s1. The number of carbonyl (C=O) groups excluding carboxylic acids is 1. The lowest BCUT2D eigenvalue weighted by Gasteiger charge is -2.43. The van der Waals surface area contributed by atoms with Crippen molar-refractivity contribution in [1.82, 2.24) is 0 Å². The average Bonchev–Trinajstić information content (AvgIpc) is 2.40. The van der Waals surface area contributed by atoms with Crippen molar-refractivity contribution in [3.63, 3.8) is 0 Å². The lowest BCUT2D eigenvalue weighted by atomic mass is 9.74. The Bertz CT molecular complexity index is 356. The molecule has 4 heteroatoms. The molecule has 2 aliphatic rings. The first-order valence-electron chi connectivity index (χ1n) is 5.51. The van der Waals surface area contributed by atoms with Gasteiger partial charge in [-0.25, -0.2) is 0 Å². The minimum absolute atomic E-state index is 0.0201. The van der Waals surface area contributed by atoms with Gasteiger partial charge < -0.3 is 14.9 Å². The summed E-state index contributed by atoms with van der Waals surface area (Å²) < 4.78 is 5.76. The van der Waals surface area contributed by atoms with Gasteiger partial charge in [0.25, 0.3) is 0 Å². The van der Waals surface area contributed by atoms with Crippen LogP contribution in [0.15, 0.2) is 12.2 Å². The fourth-order valence-corrected chi connectivity index (χ4v) is 2.40. The van der Waals surface area contributed by atoms with Crippen LogP contribution in [-0.2, 0) is 9.53 Å². The summed E-state index contributed by atoms with van der Waals surface area (Å²) in [6, 6.07) is 0. The number of aliphatic hydroxyl groups excluding tert-OH is 1. The van der Waals surface area contributed by atoms with Crippen LogP contribution in [0.3, 0.4) is 0 Å². The molecule has 0 unspecified atom stereocenters. The van der Waals surface area contributed by atoms with Crippen molar-refractivity contribution in [3.05, 3.63) is 12.2 Å². The monoisotopic (exact) mass is 226 g/mol. The molecule has 1 fully saturated rings. The summed E-state index contributed by atoms with van der Waals surface area (Å²) in [5.74, 6) is -0.278. The Morgan fingerprint density at radius 3 is 2.50 bits per heavy atom. The molecule has 0 bridgehead atoms. The maximum Gasteiger partial charge on any atom is 0.167 e. The van der Waals surface area contributed by atoms with Crippen LogP contribution in [0.1, 0.15) is 33.6 Å². The van der Waals surface area contributed by atoms with Gasteiger partial charge in [-0.05, 0) is 20.8 Å². The minimum atomic E-state index is -1.44. The molecule has 3 atom stereocenters. The molecular formula is C12H18O4. The van der Waals surface area contributed by atoms with Crippen molar-refractivity contribution in [2.24, 2.45) is 0 Å². The molecule has 1 aliphatic carbocycles. The van der Waals surface area contributed by atoms with Gasteiger partial charge in [-0.1, -0.05) is 12.2 Å². The molecule has 0 saturated heterocycles. The molecule has 1 aliphatic heterocycles. The Balaban J connectivity index is 2.27. The molecule has 1 heterocycles. The van der Waals surface area contributed by atoms with Crippen LogP contribution in [0.5, 0.6) is 0 Å². The molecule has 2 rings (SSSR count). The van der Waals surface area contributed by atoms with E-state index in [-0.39, 0.29) is 18.6 Å². The van der Waals surface area contributed by atoms with Crippen molar-refractivity contribution < 1.29 is 19.7 Å². The van der Waals surface area contributed by atoms with Crippen LogP contribution in [-0.4, -0.2) is 38.9 Å². The van der Waals surface area contributed by atoms with Crippen LogP contribution in [0, 0.1) is 0 Å². The van der Waals surface area contributed by atoms with Gasteiger partial charge in [-0.2, -0.15) is 0 Å². The molecule has 0 aromatic rings. The van der Waals surface area contributed by atoms with Gasteiger partial charge in [0.05, 0.1) is 11.7 Å². The van der Waals surface area contributed by atoms with Crippen LogP contribution < -0.4 is 0 Å². The highest BCUT2D eigenvalue weighted by atomic mass is 16.5. The van der Waals surface area contributed by atoms with E-state index in [0.717, 1.165) is 0 Å². The van der Waals surface area contributed by atoms with Crippen molar-refractivity contribution in [2.45, 2.75) is 56.5 Å². The third-order valence-electron chi connectivity index (χ3n) is 3.41. The highest BCUT2D eigenvalue weighted by Crippen LogP contribution is 2.42. The summed E-state index contributed by atoms with van der Waals surface area (Å²) in [4.78, 5) is 11.8. The Morgan fingerprint density at radius 1 is 1.38 bits per heavy atom. The quantitative estimate of drug-likeness (QED) is 0.592. The van der Waals surface area contributed by atoms with Gasteiger partial charge in [0, 0.05) is 12.8 Å². The Labute approximate surface area is 94.9 Å². The van der Waals surface area contributed by atoms with E-state index in [9.17, 15) is 15.0 Å². The van der Waals surface area contributed by atoms with Crippen LogP contribution in [0.2, 0.25) is 0 Å². The van der Waals surface area contributed by atoms with E-state index in [2.05, 4.69) is 0 Å². The number of hydrogen-bond donors (Lipinski definition) is 2. The Morgan fingerprint density at radius 2 is 2.00 bits per heavy atom. The summed E-state index contributed by atoms with van der Waals surface area (Å²) in [6.07, 6.45) is 2.81. The molecule has 1 saturated carbocycles. The van der Waals surface area contributed by atoms with Gasteiger partial charge >= 0.3 is 0 Å². The first-order chi connectivity index (χ1) is 7.17. The number of ketones is 1. The van der Waals surface area contributed by atoms with E-state index in [1.807, 2.05) is 19.9 Å². The number of aliphatic hydroxyl groups is 2. The largest absolute Gasteiger partial charge is 0.390 e. The number of carbonyl (C=O) groups is 1. The third kappa shape index (κ3) is 1.71. The van der Waals surface area contributed by atoms with E-state index in [0.29, 0.717) is 0 Å². The summed E-state index contributed by atoms with van der Waals surface area (Å²) in [5.41, 5.74) is -2.85. The average molecular weight is 226 g/mol. The molecule has 4 nitrogen and oxygen atoms in total. The second kappa shape index (κ2) is 3.15. The second-order valence-corrected chi connectivity index (χ2v) is 5.59. The number of hydrogen-bond acceptors (Lipinski definition) is 4. The van der Waals surface area contributed by atoms with E-state index in [1.54, 1.807) is 6.08 Å². The fourth-order valence-electron chi connectivity index (χ4n) is 2.40. The van der Waals surface area contributed by atoms with Crippen LogP contribution >= 0.6 is 0 Å². The molecule has 0 aromatic heterocycles. The number of ether oxygens (including phenoxy) is 1. The van der Waals surface area contributed by atoms with Crippen molar-refractivity contribution in [1.29, 1.82) is 0 Å². The van der Waals surface area contributed by atoms with Gasteiger partial charge in [0.2, 0.25) is 0 Å². The third-order valence-corrected chi connectivity index (χ3v) is 3.41. The van der Waals surface area contributed by atoms with Gasteiger partial charge in [-0.15, -0.1) is 0 Å². The molecule has 16 heavy (non-hydrogen) atoms. The molecule has 0 aromatic carbocycles. The highest BCUT2D eigenvalue weighted by molar-refractivity contribution is 5.89. The first-order valence-corrected chi connectivity index (χ1v) is 5.51. The number of Topliss-reactive ketones (excluding diaryl/α,β-unsaturated/α-hetero) is 1. The zero-order chi connectivity index (χ0) is 12.2. The number of rotatable bonds is 0. The zero-order valence-electron chi connectivity index (χ0n) is 9.86. The molecule has 1 spiro atoms. The summed E-state index contributed by atoms with van der Waals surface area (Å²) in [6.45, 7) is 5.19. The van der Waals surface area contributed by atoms with Gasteiger partial charge in [0.1, 0.15) is 11.2 Å². The van der Waals surface area contributed by atoms with E-state index >= 15 is 0 Å². The SMILES string of the molecule is CC1(C)C=C[C@]2(CC(=O)[C@](C)(O)C[C@@H]2O)O1. The lowest BCUT2D eigenvalue weighted by molar-refractivity contribution is -0.184. The predicted octanol–water partition coefficient (Wildman–Crippen LogP) is 0.565. The highest BCUT2D eigenvalue weighted by Gasteiger charge is 2.54. The summed E-state index contributed by atoms with van der Waals surface area (Å²) in [5, 5.41) is 19.9. The van der Waals surface area contributed by atoms with Gasteiger partial charge in [-0.3, -0.25) is 4.79 Å². The summed E-state index contributed by atoms with van der Waals surface area (Å²) >= 11 is 0. The topological polar surface area (TPSA) is 66.8 Å². The minimum Gasteiger partial charge on any atom is -0.390 e. The molecule has 90 valence electrons. The second-order valence-electron chi connectivity index (χ2n) is 5.59. The zero-order valence-corrected chi connectivity index (χ0v) is 9.86. The van der Waals surface area contributed by atoms with Crippen LogP contribution in [0.25, 0.3) is 0 Å². The maximum atomic E-state index is 11.8. The smallest absolute Gasteiger partial charge is 0.167 e. The van der Waals surface area contributed by atoms with E-state index in [4.69, 9.17) is 4.74 Å². The molecular weight excluding hydrogens is 208 g/mol. The first kappa shape index (κ1) is 11.8. The normalized spacial score (nSPS) is 46.6. The van der Waals surface area contributed by atoms with E-state index in [1.165, 1.54) is 6.92 Å². The molecule has 0 radical (unpaired) electrons. The molecule has 2 N–H and O–H groups in total. The van der Waals surface area contributed by atoms with Crippen molar-refractivity contribution in [2.75, 3.05) is 0 Å². The lowest BCUT2D eigenvalue weighted by Crippen LogP contribution is -2.57. The van der Waals surface area contributed by atoms with Crippen molar-refractivity contribution >= 4 is 5.78 Å². The van der Waals surface area contributed by atoms with Crippen LogP contribution in [0.4, 0.5) is 0 Å². The summed E-state index contributed by atoms with van der Waals surface area (Å²) in [7, 11) is 0. The Hall–Kier alpha value is -0.710.